The highest BCUT2D eigenvalue weighted by Gasteiger charge is 2.68. The molecule has 0 radical (unpaired) electrons. The molecule has 196 valence electrons. The highest BCUT2D eigenvalue weighted by Crippen LogP contribution is 2.63. The fraction of sp³-hybridized carbons (Fsp3) is 0.156. The molecule has 1 N–H and O–H groups in total. The Morgan fingerprint density at radius 1 is 0.950 bits per heavy atom. The van der Waals surface area contributed by atoms with E-state index in [0.717, 1.165) is 27.8 Å². The SMILES string of the molecule is Cc1ccc(N2C(=O)[C@@H]3C4c5ccccc5C(/C=N\NC(=O)c5ccncc5)(c5ccccc54)[C@H]3C2=O)cc1Cl. The van der Waals surface area contributed by atoms with Crippen LogP contribution in [-0.4, -0.2) is 28.9 Å². The monoisotopic (exact) mass is 546 g/mol. The minimum absolute atomic E-state index is 0.262. The molecule has 1 aromatic heterocycles. The van der Waals surface area contributed by atoms with Crippen LogP contribution < -0.4 is 10.3 Å². The van der Waals surface area contributed by atoms with Gasteiger partial charge in [-0.3, -0.25) is 19.4 Å². The molecule has 4 aromatic rings. The summed E-state index contributed by atoms with van der Waals surface area (Å²) < 4.78 is 0. The molecular weight excluding hydrogens is 524 g/mol. The first-order chi connectivity index (χ1) is 19.4. The van der Waals surface area contributed by atoms with Gasteiger partial charge in [-0.15, -0.1) is 0 Å². The number of nitrogens with zero attached hydrogens (tertiary/aromatic N) is 3. The molecule has 3 amide bonds. The zero-order chi connectivity index (χ0) is 27.6. The molecule has 8 heteroatoms. The summed E-state index contributed by atoms with van der Waals surface area (Å²) in [5.74, 6) is -2.65. The van der Waals surface area contributed by atoms with Crippen molar-refractivity contribution in [1.82, 2.24) is 10.4 Å². The Labute approximate surface area is 235 Å². The number of carbonyl (C=O) groups excluding carboxylic acids is 3. The van der Waals surface area contributed by atoms with Gasteiger partial charge in [-0.25, -0.2) is 10.3 Å². The maximum Gasteiger partial charge on any atom is 0.271 e. The average Bonchev–Trinajstić information content (AvgIpc) is 3.25. The first-order valence-electron chi connectivity index (χ1n) is 13.0. The third kappa shape index (κ3) is 3.27. The summed E-state index contributed by atoms with van der Waals surface area (Å²) in [6, 6.07) is 24.2. The van der Waals surface area contributed by atoms with Crippen molar-refractivity contribution in [3.63, 3.8) is 0 Å². The van der Waals surface area contributed by atoms with E-state index in [-0.39, 0.29) is 17.7 Å². The van der Waals surface area contributed by atoms with E-state index in [4.69, 9.17) is 11.6 Å². The lowest BCUT2D eigenvalue weighted by Gasteiger charge is -2.52. The van der Waals surface area contributed by atoms with E-state index < -0.39 is 23.2 Å². The fourth-order valence-electron chi connectivity index (χ4n) is 6.79. The van der Waals surface area contributed by atoms with Gasteiger partial charge in [0.15, 0.2) is 0 Å². The van der Waals surface area contributed by atoms with Crippen LogP contribution in [0.3, 0.4) is 0 Å². The van der Waals surface area contributed by atoms with Crippen molar-refractivity contribution in [3.8, 4) is 0 Å². The molecule has 4 aliphatic rings. The zero-order valence-electron chi connectivity index (χ0n) is 21.4. The maximum atomic E-state index is 14.4. The average molecular weight is 547 g/mol. The van der Waals surface area contributed by atoms with Gasteiger partial charge in [-0.05, 0) is 59.0 Å². The van der Waals surface area contributed by atoms with E-state index in [1.165, 1.54) is 17.3 Å². The Bertz CT molecular complexity index is 1700. The lowest BCUT2D eigenvalue weighted by Crippen LogP contribution is -2.54. The maximum absolute atomic E-state index is 14.4. The molecule has 0 saturated carbocycles. The van der Waals surface area contributed by atoms with Gasteiger partial charge in [0.05, 0.1) is 22.9 Å². The number of rotatable bonds is 4. The number of hydrazone groups is 1. The summed E-state index contributed by atoms with van der Waals surface area (Å²) in [4.78, 5) is 46.7. The number of nitrogens with one attached hydrogen (secondary N) is 1. The molecule has 0 unspecified atom stereocenters. The van der Waals surface area contributed by atoms with Crippen molar-refractivity contribution in [3.05, 3.63) is 130 Å². The van der Waals surface area contributed by atoms with E-state index in [1.54, 1.807) is 30.5 Å². The van der Waals surface area contributed by atoms with Crippen molar-refractivity contribution in [2.45, 2.75) is 18.3 Å². The van der Waals surface area contributed by atoms with Crippen LogP contribution in [0.4, 0.5) is 5.69 Å². The minimum atomic E-state index is -1.08. The molecule has 0 spiro atoms. The Morgan fingerprint density at radius 2 is 1.60 bits per heavy atom. The standard InChI is InChI=1S/C32H23ClN4O3/c1-18-10-11-20(16-25(18)33)37-30(39)27-26-21-6-2-4-8-23(21)32(28(27)31(37)40,24-9-5-3-7-22(24)26)17-35-36-29(38)19-12-14-34-15-13-19/h2-17,26-28H,1H3,(H,36,38)/b35-17-/t26?,27-,28-,32?/m1/s1. The van der Waals surface area contributed by atoms with Crippen LogP contribution in [0.2, 0.25) is 5.02 Å². The van der Waals surface area contributed by atoms with E-state index in [2.05, 4.69) is 15.5 Å². The Kier molecular flexibility index (Phi) is 5.47. The molecule has 40 heavy (non-hydrogen) atoms. The number of hydrogen-bond donors (Lipinski definition) is 1. The van der Waals surface area contributed by atoms with E-state index >= 15 is 0 Å². The lowest BCUT2D eigenvalue weighted by atomic mass is 9.47. The molecule has 3 aromatic carbocycles. The summed E-state index contributed by atoms with van der Waals surface area (Å²) in [6.07, 6.45) is 4.71. The summed E-state index contributed by atoms with van der Waals surface area (Å²) >= 11 is 6.42. The molecular formula is C32H23ClN4O3. The molecule has 2 atom stereocenters. The Hall–Kier alpha value is -4.62. The third-order valence-electron chi connectivity index (χ3n) is 8.47. The molecule has 2 bridgehead atoms. The second-order valence-corrected chi connectivity index (χ2v) is 10.8. The van der Waals surface area contributed by atoms with Gasteiger partial charge in [0.1, 0.15) is 0 Å². The smallest absolute Gasteiger partial charge is 0.271 e. The number of anilines is 1. The highest BCUT2D eigenvalue weighted by atomic mass is 35.5. The second-order valence-electron chi connectivity index (χ2n) is 10.4. The van der Waals surface area contributed by atoms with Gasteiger partial charge >= 0.3 is 0 Å². The number of benzene rings is 3. The van der Waals surface area contributed by atoms with Crippen molar-refractivity contribution < 1.29 is 14.4 Å². The van der Waals surface area contributed by atoms with E-state index in [0.29, 0.717) is 16.3 Å². The highest BCUT2D eigenvalue weighted by molar-refractivity contribution is 6.32. The van der Waals surface area contributed by atoms with Crippen LogP contribution in [0, 0.1) is 18.8 Å². The normalized spacial score (nSPS) is 24.1. The predicted octanol–water partition coefficient (Wildman–Crippen LogP) is 5.01. The van der Waals surface area contributed by atoms with Gasteiger partial charge in [0.2, 0.25) is 11.8 Å². The molecule has 1 aliphatic heterocycles. The van der Waals surface area contributed by atoms with Crippen molar-refractivity contribution >= 4 is 41.2 Å². The summed E-state index contributed by atoms with van der Waals surface area (Å²) in [5.41, 5.74) is 7.05. The van der Waals surface area contributed by atoms with Crippen LogP contribution in [0.5, 0.6) is 0 Å². The molecule has 7 nitrogen and oxygen atoms in total. The quantitative estimate of drug-likeness (QED) is 0.221. The largest absolute Gasteiger partial charge is 0.274 e. The third-order valence-corrected chi connectivity index (χ3v) is 8.88. The van der Waals surface area contributed by atoms with E-state index in [9.17, 15) is 14.4 Å². The summed E-state index contributed by atoms with van der Waals surface area (Å²) in [5, 5.41) is 4.92. The lowest BCUT2D eigenvalue weighted by molar-refractivity contribution is -0.122. The molecule has 8 rings (SSSR count). The van der Waals surface area contributed by atoms with Crippen LogP contribution in [0.1, 0.15) is 44.1 Å². The number of amides is 3. The van der Waals surface area contributed by atoms with Crippen LogP contribution >= 0.6 is 11.6 Å². The number of halogens is 1. The first kappa shape index (κ1) is 24.4. The van der Waals surface area contributed by atoms with Gasteiger partial charge < -0.3 is 0 Å². The number of carbonyl (C=O) groups is 3. The van der Waals surface area contributed by atoms with Crippen molar-refractivity contribution in [2.24, 2.45) is 16.9 Å². The number of aromatic nitrogens is 1. The Morgan fingerprint density at radius 3 is 2.25 bits per heavy atom. The number of imide groups is 1. The van der Waals surface area contributed by atoms with E-state index in [1.807, 2.05) is 61.5 Å². The molecule has 1 saturated heterocycles. The summed E-state index contributed by atoms with van der Waals surface area (Å²) in [7, 11) is 0. The first-order valence-corrected chi connectivity index (χ1v) is 13.4. The van der Waals surface area contributed by atoms with Gasteiger partial charge in [-0.1, -0.05) is 66.2 Å². The van der Waals surface area contributed by atoms with Gasteiger partial charge in [-0.2, -0.15) is 5.10 Å². The summed E-state index contributed by atoms with van der Waals surface area (Å²) in [6.45, 7) is 1.87. The number of pyridine rings is 1. The minimum Gasteiger partial charge on any atom is -0.274 e. The van der Waals surface area contributed by atoms with Crippen molar-refractivity contribution in [1.29, 1.82) is 0 Å². The van der Waals surface area contributed by atoms with Crippen LogP contribution in [-0.2, 0) is 15.0 Å². The molecule has 2 heterocycles. The molecule has 3 aliphatic carbocycles. The van der Waals surface area contributed by atoms with Gasteiger partial charge in [0.25, 0.3) is 5.91 Å². The van der Waals surface area contributed by atoms with Crippen LogP contribution in [0.15, 0.2) is 96.4 Å². The second kappa shape index (κ2) is 8.96. The van der Waals surface area contributed by atoms with Gasteiger partial charge in [0, 0.05) is 35.1 Å². The van der Waals surface area contributed by atoms with Crippen LogP contribution in [0.25, 0.3) is 0 Å². The fourth-order valence-corrected chi connectivity index (χ4v) is 6.96. The number of aryl methyl sites for hydroxylation is 1. The zero-order valence-corrected chi connectivity index (χ0v) is 22.2. The Balaban J connectivity index is 1.41. The number of hydrogen-bond acceptors (Lipinski definition) is 5. The predicted molar refractivity (Wildman–Crippen MR) is 151 cm³/mol. The topological polar surface area (TPSA) is 91.7 Å². The molecule has 1 fully saturated rings. The van der Waals surface area contributed by atoms with Crippen molar-refractivity contribution in [2.75, 3.05) is 4.90 Å².